The molecule has 1 atom stereocenters. The molecule has 0 radical (unpaired) electrons. The normalized spacial score (nSPS) is 11.9. The predicted octanol–water partition coefficient (Wildman–Crippen LogP) is 1.64. The monoisotopic (exact) mass is 208 g/mol. The zero-order valence-electron chi connectivity index (χ0n) is 9.19. The second-order valence-electron chi connectivity index (χ2n) is 3.62. The van der Waals surface area contributed by atoms with Gasteiger partial charge in [-0.2, -0.15) is 0 Å². The Kier molecular flexibility index (Phi) is 3.55. The third-order valence-corrected chi connectivity index (χ3v) is 2.13. The number of hydrogen-bond donors (Lipinski definition) is 2. The minimum absolute atomic E-state index is 0.592. The van der Waals surface area contributed by atoms with E-state index in [4.69, 9.17) is 5.11 Å². The summed E-state index contributed by atoms with van der Waals surface area (Å²) in [5.74, 6) is -0.858. The van der Waals surface area contributed by atoms with Crippen molar-refractivity contribution in [1.29, 1.82) is 0 Å². The molecule has 1 rings (SSSR count). The van der Waals surface area contributed by atoms with Crippen LogP contribution < -0.4 is 10.2 Å². The van der Waals surface area contributed by atoms with E-state index in [0.717, 1.165) is 11.4 Å². The molecule has 0 aromatic heterocycles. The topological polar surface area (TPSA) is 52.6 Å². The van der Waals surface area contributed by atoms with Crippen LogP contribution >= 0.6 is 0 Å². The van der Waals surface area contributed by atoms with Gasteiger partial charge in [-0.05, 0) is 19.1 Å². The standard InChI is InChI=1S/C11H16N2O2/c1-8(11(14)15)12-9-6-4-5-7-10(9)13(2)3/h4-8,12H,1-3H3,(H,14,15). The molecule has 15 heavy (non-hydrogen) atoms. The molecule has 0 aliphatic carbocycles. The molecule has 0 amide bonds. The van der Waals surface area contributed by atoms with Gasteiger partial charge in [-0.15, -0.1) is 0 Å². The van der Waals surface area contributed by atoms with Crippen molar-refractivity contribution in [3.05, 3.63) is 24.3 Å². The highest BCUT2D eigenvalue weighted by atomic mass is 16.4. The fourth-order valence-corrected chi connectivity index (χ4v) is 1.28. The molecule has 0 aliphatic heterocycles. The van der Waals surface area contributed by atoms with Gasteiger partial charge in [-0.1, -0.05) is 12.1 Å². The largest absolute Gasteiger partial charge is 0.480 e. The lowest BCUT2D eigenvalue weighted by Crippen LogP contribution is -2.26. The number of rotatable bonds is 4. The summed E-state index contributed by atoms with van der Waals surface area (Å²) in [6.45, 7) is 1.62. The van der Waals surface area contributed by atoms with E-state index in [1.807, 2.05) is 43.3 Å². The Balaban J connectivity index is 2.89. The van der Waals surface area contributed by atoms with Crippen LogP contribution in [0.4, 0.5) is 11.4 Å². The molecule has 0 saturated carbocycles. The van der Waals surface area contributed by atoms with Gasteiger partial charge < -0.3 is 15.3 Å². The van der Waals surface area contributed by atoms with Gasteiger partial charge in [-0.3, -0.25) is 4.79 Å². The summed E-state index contributed by atoms with van der Waals surface area (Å²) >= 11 is 0. The molecule has 4 nitrogen and oxygen atoms in total. The smallest absolute Gasteiger partial charge is 0.325 e. The number of carboxylic acid groups (broad SMARTS) is 1. The predicted molar refractivity (Wildman–Crippen MR) is 61.5 cm³/mol. The number of carboxylic acids is 1. The van der Waals surface area contributed by atoms with E-state index in [9.17, 15) is 4.79 Å². The maximum absolute atomic E-state index is 10.7. The van der Waals surface area contributed by atoms with Crippen molar-refractivity contribution in [3.8, 4) is 0 Å². The quantitative estimate of drug-likeness (QED) is 0.789. The fourth-order valence-electron chi connectivity index (χ4n) is 1.28. The molecule has 1 unspecified atom stereocenters. The van der Waals surface area contributed by atoms with Gasteiger partial charge in [-0.25, -0.2) is 0 Å². The SMILES string of the molecule is CC(Nc1ccccc1N(C)C)C(=O)O. The number of nitrogens with one attached hydrogen (secondary N) is 1. The molecule has 0 aliphatic rings. The molecule has 0 bridgehead atoms. The van der Waals surface area contributed by atoms with Crippen LogP contribution in [-0.2, 0) is 4.79 Å². The van der Waals surface area contributed by atoms with Crippen molar-refractivity contribution in [2.45, 2.75) is 13.0 Å². The fraction of sp³-hybridized carbons (Fsp3) is 0.364. The number of hydrogen-bond acceptors (Lipinski definition) is 3. The number of aliphatic carboxylic acids is 1. The molecule has 0 fully saturated rings. The number of nitrogens with zero attached hydrogens (tertiary/aromatic N) is 1. The van der Waals surface area contributed by atoms with Gasteiger partial charge in [0, 0.05) is 14.1 Å². The van der Waals surface area contributed by atoms with Crippen LogP contribution in [-0.4, -0.2) is 31.2 Å². The van der Waals surface area contributed by atoms with Crippen LogP contribution in [0.1, 0.15) is 6.92 Å². The number of anilines is 2. The molecule has 0 spiro atoms. The van der Waals surface area contributed by atoms with Gasteiger partial charge in [0.05, 0.1) is 11.4 Å². The summed E-state index contributed by atoms with van der Waals surface area (Å²) in [7, 11) is 3.85. The van der Waals surface area contributed by atoms with E-state index in [0.29, 0.717) is 0 Å². The second kappa shape index (κ2) is 4.68. The van der Waals surface area contributed by atoms with Crippen molar-refractivity contribution in [2.24, 2.45) is 0 Å². The van der Waals surface area contributed by atoms with Gasteiger partial charge in [0.25, 0.3) is 0 Å². The Morgan fingerprint density at radius 2 is 2.00 bits per heavy atom. The molecule has 82 valence electrons. The minimum Gasteiger partial charge on any atom is -0.480 e. The van der Waals surface area contributed by atoms with E-state index in [1.165, 1.54) is 0 Å². The summed E-state index contributed by atoms with van der Waals surface area (Å²) in [6, 6.07) is 7.02. The van der Waals surface area contributed by atoms with E-state index in [1.54, 1.807) is 6.92 Å². The Bertz CT molecular complexity index is 350. The first-order valence-corrected chi connectivity index (χ1v) is 4.78. The Morgan fingerprint density at radius 3 is 2.53 bits per heavy atom. The number of carbonyl (C=O) groups is 1. The van der Waals surface area contributed by atoms with Gasteiger partial charge in [0.15, 0.2) is 0 Å². The summed E-state index contributed by atoms with van der Waals surface area (Å²) in [5.41, 5.74) is 1.81. The lowest BCUT2D eigenvalue weighted by molar-refractivity contribution is -0.137. The highest BCUT2D eigenvalue weighted by Gasteiger charge is 2.12. The van der Waals surface area contributed by atoms with Crippen LogP contribution in [0.15, 0.2) is 24.3 Å². The van der Waals surface area contributed by atoms with Gasteiger partial charge >= 0.3 is 5.97 Å². The van der Waals surface area contributed by atoms with E-state index >= 15 is 0 Å². The van der Waals surface area contributed by atoms with E-state index in [-0.39, 0.29) is 0 Å². The summed E-state index contributed by atoms with van der Waals surface area (Å²) in [5, 5.41) is 11.7. The maximum atomic E-state index is 10.7. The van der Waals surface area contributed by atoms with Crippen molar-refractivity contribution < 1.29 is 9.90 Å². The van der Waals surface area contributed by atoms with Crippen LogP contribution in [0.2, 0.25) is 0 Å². The van der Waals surface area contributed by atoms with Gasteiger partial charge in [0.2, 0.25) is 0 Å². The van der Waals surface area contributed by atoms with Crippen LogP contribution in [0.5, 0.6) is 0 Å². The summed E-state index contributed by atoms with van der Waals surface area (Å²) < 4.78 is 0. The minimum atomic E-state index is -0.858. The zero-order valence-corrected chi connectivity index (χ0v) is 9.19. The molecule has 2 N–H and O–H groups in total. The third-order valence-electron chi connectivity index (χ3n) is 2.13. The molecule has 4 heteroatoms. The molecule has 1 aromatic rings. The van der Waals surface area contributed by atoms with Crippen molar-refractivity contribution in [1.82, 2.24) is 0 Å². The van der Waals surface area contributed by atoms with Crippen LogP contribution in [0.3, 0.4) is 0 Å². The van der Waals surface area contributed by atoms with Crippen LogP contribution in [0, 0.1) is 0 Å². The lowest BCUT2D eigenvalue weighted by atomic mass is 10.2. The molecule has 0 saturated heterocycles. The Hall–Kier alpha value is -1.71. The van der Waals surface area contributed by atoms with Crippen molar-refractivity contribution >= 4 is 17.3 Å². The van der Waals surface area contributed by atoms with Crippen LogP contribution in [0.25, 0.3) is 0 Å². The van der Waals surface area contributed by atoms with Crippen molar-refractivity contribution in [3.63, 3.8) is 0 Å². The van der Waals surface area contributed by atoms with E-state index < -0.39 is 12.0 Å². The first-order chi connectivity index (χ1) is 7.02. The Labute approximate surface area is 89.5 Å². The van der Waals surface area contributed by atoms with Crippen molar-refractivity contribution in [2.75, 3.05) is 24.3 Å². The molecular formula is C11H16N2O2. The lowest BCUT2D eigenvalue weighted by Gasteiger charge is -2.19. The summed E-state index contributed by atoms with van der Waals surface area (Å²) in [4.78, 5) is 12.7. The molecular weight excluding hydrogens is 192 g/mol. The molecule has 1 aromatic carbocycles. The zero-order chi connectivity index (χ0) is 11.4. The average molecular weight is 208 g/mol. The van der Waals surface area contributed by atoms with E-state index in [2.05, 4.69) is 5.32 Å². The average Bonchev–Trinajstić information content (AvgIpc) is 2.18. The second-order valence-corrected chi connectivity index (χ2v) is 3.62. The number of benzene rings is 1. The third kappa shape index (κ3) is 2.87. The van der Waals surface area contributed by atoms with Gasteiger partial charge in [0.1, 0.15) is 6.04 Å². The first kappa shape index (κ1) is 11.4. The summed E-state index contributed by atoms with van der Waals surface area (Å²) in [6.07, 6.45) is 0. The Morgan fingerprint density at radius 1 is 1.40 bits per heavy atom. The number of para-hydroxylation sites is 2. The highest BCUT2D eigenvalue weighted by Crippen LogP contribution is 2.23. The maximum Gasteiger partial charge on any atom is 0.325 e. The first-order valence-electron chi connectivity index (χ1n) is 4.78. The molecule has 0 heterocycles. The highest BCUT2D eigenvalue weighted by molar-refractivity contribution is 5.80.